The lowest BCUT2D eigenvalue weighted by Gasteiger charge is -2.17. The Morgan fingerprint density at radius 1 is 1.10 bits per heavy atom. The summed E-state index contributed by atoms with van der Waals surface area (Å²) in [7, 11) is 0. The van der Waals surface area contributed by atoms with Gasteiger partial charge in [0.1, 0.15) is 5.82 Å². The number of nitrogens with one attached hydrogen (secondary N) is 2. The molecule has 0 saturated carbocycles. The van der Waals surface area contributed by atoms with Gasteiger partial charge in [0.05, 0.1) is 11.9 Å². The Bertz CT molecular complexity index is 566. The van der Waals surface area contributed by atoms with Crippen LogP contribution in [0, 0.1) is 12.8 Å². The lowest BCUT2D eigenvalue weighted by molar-refractivity contribution is 0.538. The smallest absolute Gasteiger partial charge is 0.152 e. The van der Waals surface area contributed by atoms with E-state index in [-0.39, 0.29) is 0 Å². The summed E-state index contributed by atoms with van der Waals surface area (Å²) >= 11 is 0. The molecule has 4 heteroatoms. The molecule has 0 amide bonds. The van der Waals surface area contributed by atoms with E-state index < -0.39 is 0 Å². The van der Waals surface area contributed by atoms with Crippen LogP contribution >= 0.6 is 0 Å². The molecule has 0 aliphatic heterocycles. The van der Waals surface area contributed by atoms with E-state index in [1.54, 1.807) is 6.20 Å². The second-order valence-electron chi connectivity index (χ2n) is 5.86. The molecule has 0 saturated heterocycles. The highest BCUT2D eigenvalue weighted by Crippen LogP contribution is 2.18. The van der Waals surface area contributed by atoms with Gasteiger partial charge in [-0.2, -0.15) is 0 Å². The van der Waals surface area contributed by atoms with Gasteiger partial charge in [0.25, 0.3) is 0 Å². The maximum atomic E-state index is 4.58. The summed E-state index contributed by atoms with van der Waals surface area (Å²) in [5.74, 6) is 2.29. The molecule has 2 aromatic rings. The SMILES string of the molecule is Cc1nc(NC(C)CC(C)C)cnc1Nc1ccccc1. The van der Waals surface area contributed by atoms with Crippen molar-refractivity contribution in [3.8, 4) is 0 Å². The second kappa shape index (κ2) is 7.07. The first-order valence-electron chi connectivity index (χ1n) is 7.47. The number of hydrogen-bond acceptors (Lipinski definition) is 4. The molecule has 0 aliphatic rings. The average Bonchev–Trinajstić information content (AvgIpc) is 2.42. The third-order valence-corrected chi connectivity index (χ3v) is 3.20. The first kappa shape index (κ1) is 15.3. The van der Waals surface area contributed by atoms with E-state index in [1.165, 1.54) is 0 Å². The topological polar surface area (TPSA) is 49.8 Å². The summed E-state index contributed by atoms with van der Waals surface area (Å²) in [6.45, 7) is 8.59. The first-order chi connectivity index (χ1) is 10.0. The maximum Gasteiger partial charge on any atom is 0.152 e. The number of aryl methyl sites for hydroxylation is 1. The van der Waals surface area contributed by atoms with Crippen LogP contribution in [0.3, 0.4) is 0 Å². The molecule has 1 aromatic heterocycles. The summed E-state index contributed by atoms with van der Waals surface area (Å²) in [6.07, 6.45) is 2.90. The normalized spacial score (nSPS) is 12.2. The largest absolute Gasteiger partial charge is 0.366 e. The Labute approximate surface area is 127 Å². The summed E-state index contributed by atoms with van der Waals surface area (Å²) in [4.78, 5) is 9.05. The summed E-state index contributed by atoms with van der Waals surface area (Å²) < 4.78 is 0. The van der Waals surface area contributed by atoms with Crippen LogP contribution in [0.4, 0.5) is 17.3 Å². The van der Waals surface area contributed by atoms with Gasteiger partial charge in [-0.15, -0.1) is 0 Å². The van der Waals surface area contributed by atoms with Crippen molar-refractivity contribution in [3.63, 3.8) is 0 Å². The average molecular weight is 284 g/mol. The van der Waals surface area contributed by atoms with Crippen molar-refractivity contribution in [1.82, 2.24) is 9.97 Å². The fraction of sp³-hybridized carbons (Fsp3) is 0.412. The maximum absolute atomic E-state index is 4.58. The van der Waals surface area contributed by atoms with Crippen LogP contribution in [-0.2, 0) is 0 Å². The van der Waals surface area contributed by atoms with E-state index in [0.717, 1.165) is 29.4 Å². The van der Waals surface area contributed by atoms with Crippen LogP contribution in [0.15, 0.2) is 36.5 Å². The van der Waals surface area contributed by atoms with Crippen molar-refractivity contribution in [2.75, 3.05) is 10.6 Å². The van der Waals surface area contributed by atoms with Gasteiger partial charge in [0.15, 0.2) is 5.82 Å². The van der Waals surface area contributed by atoms with E-state index in [2.05, 4.69) is 41.4 Å². The minimum absolute atomic E-state index is 0.395. The van der Waals surface area contributed by atoms with Gasteiger partial charge in [-0.05, 0) is 38.3 Å². The van der Waals surface area contributed by atoms with Crippen molar-refractivity contribution in [2.45, 2.75) is 40.2 Å². The van der Waals surface area contributed by atoms with Gasteiger partial charge in [0.2, 0.25) is 0 Å². The molecule has 2 rings (SSSR count). The van der Waals surface area contributed by atoms with E-state index >= 15 is 0 Å². The van der Waals surface area contributed by atoms with Crippen LogP contribution in [0.2, 0.25) is 0 Å². The lowest BCUT2D eigenvalue weighted by Crippen LogP contribution is -2.18. The fourth-order valence-corrected chi connectivity index (χ4v) is 2.35. The monoisotopic (exact) mass is 284 g/mol. The Morgan fingerprint density at radius 2 is 1.81 bits per heavy atom. The molecule has 0 fully saturated rings. The molecule has 4 nitrogen and oxygen atoms in total. The van der Waals surface area contributed by atoms with Crippen LogP contribution in [0.1, 0.15) is 32.9 Å². The number of benzene rings is 1. The van der Waals surface area contributed by atoms with Gasteiger partial charge in [-0.25, -0.2) is 9.97 Å². The minimum Gasteiger partial charge on any atom is -0.366 e. The van der Waals surface area contributed by atoms with Gasteiger partial charge >= 0.3 is 0 Å². The molecule has 0 spiro atoms. The Balaban J connectivity index is 2.04. The highest BCUT2D eigenvalue weighted by atomic mass is 15.1. The molecule has 1 heterocycles. The molecular formula is C17H24N4. The van der Waals surface area contributed by atoms with Gasteiger partial charge < -0.3 is 10.6 Å². The van der Waals surface area contributed by atoms with E-state index in [1.807, 2.05) is 37.3 Å². The molecule has 1 unspecified atom stereocenters. The van der Waals surface area contributed by atoms with Crippen molar-refractivity contribution < 1.29 is 0 Å². The summed E-state index contributed by atoms with van der Waals surface area (Å²) in [5.41, 5.74) is 1.91. The van der Waals surface area contributed by atoms with Gasteiger partial charge in [-0.1, -0.05) is 32.0 Å². The summed E-state index contributed by atoms with van der Waals surface area (Å²) in [6, 6.07) is 10.4. The third kappa shape index (κ3) is 4.74. The van der Waals surface area contributed by atoms with Crippen LogP contribution in [0.25, 0.3) is 0 Å². The summed E-state index contributed by atoms with van der Waals surface area (Å²) in [5, 5.41) is 6.69. The standard InChI is InChI=1S/C17H24N4/c1-12(2)10-13(3)19-16-11-18-17(14(4)20-16)21-15-8-6-5-7-9-15/h5-9,11-13H,10H2,1-4H3,(H,18,21)(H,19,20). The zero-order chi connectivity index (χ0) is 15.2. The molecule has 1 aromatic carbocycles. The molecule has 2 N–H and O–H groups in total. The number of anilines is 3. The zero-order valence-electron chi connectivity index (χ0n) is 13.2. The predicted octanol–water partition coefficient (Wildman–Crippen LogP) is 4.38. The van der Waals surface area contributed by atoms with Crippen LogP contribution < -0.4 is 10.6 Å². The number of hydrogen-bond donors (Lipinski definition) is 2. The highest BCUT2D eigenvalue weighted by molar-refractivity contribution is 5.58. The number of para-hydroxylation sites is 1. The van der Waals surface area contributed by atoms with Crippen molar-refractivity contribution in [2.24, 2.45) is 5.92 Å². The second-order valence-corrected chi connectivity index (χ2v) is 5.86. The highest BCUT2D eigenvalue weighted by Gasteiger charge is 2.08. The number of aromatic nitrogens is 2. The predicted molar refractivity (Wildman–Crippen MR) is 89.0 cm³/mol. The Morgan fingerprint density at radius 3 is 2.43 bits per heavy atom. The first-order valence-corrected chi connectivity index (χ1v) is 7.47. The molecule has 112 valence electrons. The van der Waals surface area contributed by atoms with Crippen LogP contribution in [-0.4, -0.2) is 16.0 Å². The molecule has 1 atom stereocenters. The number of nitrogens with zero attached hydrogens (tertiary/aromatic N) is 2. The lowest BCUT2D eigenvalue weighted by atomic mass is 10.1. The number of rotatable bonds is 6. The molecule has 21 heavy (non-hydrogen) atoms. The van der Waals surface area contributed by atoms with E-state index in [9.17, 15) is 0 Å². The van der Waals surface area contributed by atoms with E-state index in [4.69, 9.17) is 0 Å². The van der Waals surface area contributed by atoms with Crippen molar-refractivity contribution >= 4 is 17.3 Å². The molecule has 0 bridgehead atoms. The van der Waals surface area contributed by atoms with E-state index in [0.29, 0.717) is 12.0 Å². The van der Waals surface area contributed by atoms with Gasteiger partial charge in [0, 0.05) is 11.7 Å². The molecule has 0 aliphatic carbocycles. The van der Waals surface area contributed by atoms with Crippen molar-refractivity contribution in [1.29, 1.82) is 0 Å². The Kier molecular flexibility index (Phi) is 5.14. The third-order valence-electron chi connectivity index (χ3n) is 3.20. The minimum atomic E-state index is 0.395. The molecule has 0 radical (unpaired) electrons. The van der Waals surface area contributed by atoms with Gasteiger partial charge in [-0.3, -0.25) is 0 Å². The van der Waals surface area contributed by atoms with Crippen molar-refractivity contribution in [3.05, 3.63) is 42.2 Å². The van der Waals surface area contributed by atoms with Crippen LogP contribution in [0.5, 0.6) is 0 Å². The Hall–Kier alpha value is -2.10. The fourth-order valence-electron chi connectivity index (χ4n) is 2.35. The molecular weight excluding hydrogens is 260 g/mol. The quantitative estimate of drug-likeness (QED) is 0.826. The zero-order valence-corrected chi connectivity index (χ0v) is 13.2.